The standard InChI is InChI=1S/C15H17N3O2/c1-17-13-7-8-18(9-11-5-3-2-4-6-11)10-12(13)16-14(17)15(19)20/h2-6H,7-10H2,1H3,(H,19,20). The van der Waals surface area contributed by atoms with E-state index in [2.05, 4.69) is 22.0 Å². The largest absolute Gasteiger partial charge is 0.475 e. The lowest BCUT2D eigenvalue weighted by Crippen LogP contribution is -2.30. The van der Waals surface area contributed by atoms with Crippen molar-refractivity contribution in [1.82, 2.24) is 14.5 Å². The lowest BCUT2D eigenvalue weighted by Gasteiger charge is -2.26. The smallest absolute Gasteiger partial charge is 0.372 e. The number of carboxylic acids is 1. The van der Waals surface area contributed by atoms with Crippen molar-refractivity contribution in [2.75, 3.05) is 6.54 Å². The van der Waals surface area contributed by atoms with Crippen LogP contribution in [0.4, 0.5) is 0 Å². The monoisotopic (exact) mass is 271 g/mol. The van der Waals surface area contributed by atoms with Crippen molar-refractivity contribution in [3.05, 3.63) is 53.1 Å². The van der Waals surface area contributed by atoms with E-state index in [1.165, 1.54) is 5.56 Å². The fourth-order valence-corrected chi connectivity index (χ4v) is 2.75. The molecule has 0 fully saturated rings. The quantitative estimate of drug-likeness (QED) is 0.922. The third-order valence-electron chi connectivity index (χ3n) is 3.78. The Balaban J connectivity index is 1.79. The first-order valence-electron chi connectivity index (χ1n) is 6.69. The number of rotatable bonds is 3. The number of aromatic carboxylic acids is 1. The molecule has 2 heterocycles. The number of carboxylic acid groups (broad SMARTS) is 1. The third kappa shape index (κ3) is 2.32. The maximum atomic E-state index is 11.1. The predicted molar refractivity (Wildman–Crippen MR) is 74.4 cm³/mol. The van der Waals surface area contributed by atoms with Crippen LogP contribution in [0.15, 0.2) is 30.3 Å². The first-order chi connectivity index (χ1) is 9.65. The van der Waals surface area contributed by atoms with E-state index in [4.69, 9.17) is 5.11 Å². The molecule has 5 nitrogen and oxygen atoms in total. The molecular weight excluding hydrogens is 254 g/mol. The molecule has 0 unspecified atom stereocenters. The highest BCUT2D eigenvalue weighted by Gasteiger charge is 2.24. The zero-order valence-corrected chi connectivity index (χ0v) is 11.4. The molecule has 3 rings (SSSR count). The van der Waals surface area contributed by atoms with Crippen molar-refractivity contribution in [3.8, 4) is 0 Å². The van der Waals surface area contributed by atoms with Crippen molar-refractivity contribution in [2.45, 2.75) is 19.5 Å². The summed E-state index contributed by atoms with van der Waals surface area (Å²) in [6.45, 7) is 2.52. The van der Waals surface area contributed by atoms with Crippen LogP contribution >= 0.6 is 0 Å². The molecule has 1 N–H and O–H groups in total. The second-order valence-corrected chi connectivity index (χ2v) is 5.14. The lowest BCUT2D eigenvalue weighted by atomic mass is 10.1. The minimum atomic E-state index is -0.962. The third-order valence-corrected chi connectivity index (χ3v) is 3.78. The number of aromatic nitrogens is 2. The molecule has 104 valence electrons. The average Bonchev–Trinajstić information content (AvgIpc) is 2.77. The van der Waals surface area contributed by atoms with Crippen molar-refractivity contribution in [3.63, 3.8) is 0 Å². The van der Waals surface area contributed by atoms with Crippen LogP contribution in [0.5, 0.6) is 0 Å². The van der Waals surface area contributed by atoms with Gasteiger partial charge in [-0.15, -0.1) is 0 Å². The maximum Gasteiger partial charge on any atom is 0.372 e. The molecule has 0 radical (unpaired) electrons. The first kappa shape index (κ1) is 12.9. The average molecular weight is 271 g/mol. The van der Waals surface area contributed by atoms with E-state index in [1.54, 1.807) is 11.6 Å². The Morgan fingerprint density at radius 3 is 2.80 bits per heavy atom. The van der Waals surface area contributed by atoms with E-state index in [-0.39, 0.29) is 5.82 Å². The molecule has 5 heteroatoms. The summed E-state index contributed by atoms with van der Waals surface area (Å²) in [5.41, 5.74) is 3.21. The summed E-state index contributed by atoms with van der Waals surface area (Å²) >= 11 is 0. The van der Waals surface area contributed by atoms with E-state index >= 15 is 0 Å². The van der Waals surface area contributed by atoms with Gasteiger partial charge in [-0.3, -0.25) is 4.90 Å². The van der Waals surface area contributed by atoms with Gasteiger partial charge >= 0.3 is 5.97 Å². The molecule has 2 aromatic rings. The summed E-state index contributed by atoms with van der Waals surface area (Å²) in [6, 6.07) is 10.3. The molecule has 0 saturated carbocycles. The summed E-state index contributed by atoms with van der Waals surface area (Å²) in [7, 11) is 1.78. The molecule has 0 spiro atoms. The predicted octanol–water partition coefficient (Wildman–Crippen LogP) is 1.68. The van der Waals surface area contributed by atoms with Gasteiger partial charge in [0.25, 0.3) is 0 Å². The summed E-state index contributed by atoms with van der Waals surface area (Å²) < 4.78 is 1.71. The van der Waals surface area contributed by atoms with E-state index in [9.17, 15) is 4.79 Å². The molecule has 0 aliphatic carbocycles. The Kier molecular flexibility index (Phi) is 3.28. The van der Waals surface area contributed by atoms with Gasteiger partial charge in [0.1, 0.15) is 0 Å². The Hall–Kier alpha value is -2.14. The Morgan fingerprint density at radius 1 is 1.35 bits per heavy atom. The molecule has 1 aliphatic rings. The number of hydrogen-bond donors (Lipinski definition) is 1. The zero-order valence-electron chi connectivity index (χ0n) is 11.4. The summed E-state index contributed by atoms with van der Waals surface area (Å²) in [4.78, 5) is 17.7. The van der Waals surface area contributed by atoms with Crippen LogP contribution in [0.25, 0.3) is 0 Å². The highest BCUT2D eigenvalue weighted by atomic mass is 16.4. The van der Waals surface area contributed by atoms with Crippen molar-refractivity contribution < 1.29 is 9.90 Å². The molecule has 1 aliphatic heterocycles. The minimum absolute atomic E-state index is 0.136. The number of nitrogens with zero attached hydrogens (tertiary/aromatic N) is 3. The Labute approximate surface area is 117 Å². The van der Waals surface area contributed by atoms with E-state index < -0.39 is 5.97 Å². The fourth-order valence-electron chi connectivity index (χ4n) is 2.75. The molecule has 0 amide bonds. The summed E-state index contributed by atoms with van der Waals surface area (Å²) in [5, 5.41) is 9.12. The molecule has 0 saturated heterocycles. The highest BCUT2D eigenvalue weighted by molar-refractivity contribution is 5.83. The number of benzene rings is 1. The van der Waals surface area contributed by atoms with Crippen LogP contribution in [-0.4, -0.2) is 32.1 Å². The second-order valence-electron chi connectivity index (χ2n) is 5.14. The molecule has 1 aromatic heterocycles. The van der Waals surface area contributed by atoms with Gasteiger partial charge in [0, 0.05) is 38.8 Å². The van der Waals surface area contributed by atoms with Crippen LogP contribution in [0.3, 0.4) is 0 Å². The fraction of sp³-hybridized carbons (Fsp3) is 0.333. The van der Waals surface area contributed by atoms with Crippen LogP contribution in [0, 0.1) is 0 Å². The van der Waals surface area contributed by atoms with Crippen molar-refractivity contribution >= 4 is 5.97 Å². The van der Waals surface area contributed by atoms with Gasteiger partial charge in [-0.25, -0.2) is 9.78 Å². The molecular formula is C15H17N3O2. The minimum Gasteiger partial charge on any atom is -0.475 e. The zero-order chi connectivity index (χ0) is 14.1. The van der Waals surface area contributed by atoms with Gasteiger partial charge in [0.05, 0.1) is 5.69 Å². The lowest BCUT2D eigenvalue weighted by molar-refractivity contribution is 0.0679. The number of hydrogen-bond acceptors (Lipinski definition) is 3. The van der Waals surface area contributed by atoms with Crippen molar-refractivity contribution in [2.24, 2.45) is 7.05 Å². The molecule has 20 heavy (non-hydrogen) atoms. The summed E-state index contributed by atoms with van der Waals surface area (Å²) in [5.74, 6) is -0.826. The topological polar surface area (TPSA) is 58.4 Å². The maximum absolute atomic E-state index is 11.1. The van der Waals surface area contributed by atoms with Gasteiger partial charge in [0.2, 0.25) is 5.82 Å². The molecule has 0 bridgehead atoms. The van der Waals surface area contributed by atoms with Gasteiger partial charge in [-0.2, -0.15) is 0 Å². The number of fused-ring (bicyclic) bond motifs is 1. The van der Waals surface area contributed by atoms with Gasteiger partial charge < -0.3 is 9.67 Å². The molecule has 0 atom stereocenters. The highest BCUT2D eigenvalue weighted by Crippen LogP contribution is 2.20. The molecule has 1 aromatic carbocycles. The number of imidazole rings is 1. The van der Waals surface area contributed by atoms with Crippen molar-refractivity contribution in [1.29, 1.82) is 0 Å². The van der Waals surface area contributed by atoms with Gasteiger partial charge in [0.15, 0.2) is 0 Å². The normalized spacial score (nSPS) is 15.1. The van der Waals surface area contributed by atoms with Gasteiger partial charge in [-0.05, 0) is 5.56 Å². The van der Waals surface area contributed by atoms with Crippen LogP contribution in [0.2, 0.25) is 0 Å². The number of carbonyl (C=O) groups is 1. The van der Waals surface area contributed by atoms with E-state index in [0.29, 0.717) is 6.54 Å². The van der Waals surface area contributed by atoms with Crippen LogP contribution in [0.1, 0.15) is 27.6 Å². The van der Waals surface area contributed by atoms with Crippen LogP contribution in [-0.2, 0) is 26.6 Å². The van der Waals surface area contributed by atoms with Gasteiger partial charge in [-0.1, -0.05) is 30.3 Å². The van der Waals surface area contributed by atoms with Crippen LogP contribution < -0.4 is 0 Å². The second kappa shape index (κ2) is 5.09. The van der Waals surface area contributed by atoms with E-state index in [1.807, 2.05) is 18.2 Å². The Bertz CT molecular complexity index is 634. The van der Waals surface area contributed by atoms with E-state index in [0.717, 1.165) is 30.9 Å². The first-order valence-corrected chi connectivity index (χ1v) is 6.69. The Morgan fingerprint density at radius 2 is 2.10 bits per heavy atom. The SMILES string of the molecule is Cn1c(C(=O)O)nc2c1CCN(Cc1ccccc1)C2. The summed E-state index contributed by atoms with van der Waals surface area (Å²) in [6.07, 6.45) is 0.846.